The van der Waals surface area contributed by atoms with Crippen molar-refractivity contribution in [1.29, 1.82) is 0 Å². The van der Waals surface area contributed by atoms with Crippen molar-refractivity contribution in [2.24, 2.45) is 0 Å². The number of nitrogens with zero attached hydrogens (tertiary/aromatic N) is 1. The van der Waals surface area contributed by atoms with E-state index in [4.69, 9.17) is 14.2 Å². The van der Waals surface area contributed by atoms with Gasteiger partial charge in [0.1, 0.15) is 10.6 Å². The van der Waals surface area contributed by atoms with Crippen LogP contribution in [0.15, 0.2) is 59.5 Å². The summed E-state index contributed by atoms with van der Waals surface area (Å²) in [6, 6.07) is 13.8. The SMILES string of the molecule is COc1ccc(/C=C/C(=O)OCC(=O)NC(C)c2ccccc2)cc1S(=O)(=O)N1CCOCC1. The Morgan fingerprint density at radius 2 is 1.85 bits per heavy atom. The Balaban J connectivity index is 1.60. The minimum absolute atomic E-state index is 0.00157. The lowest BCUT2D eigenvalue weighted by atomic mass is 10.1. The fraction of sp³-hybridized carbons (Fsp3) is 0.333. The van der Waals surface area contributed by atoms with Crippen molar-refractivity contribution < 1.29 is 32.2 Å². The first-order valence-electron chi connectivity index (χ1n) is 10.8. The van der Waals surface area contributed by atoms with E-state index in [1.54, 1.807) is 6.07 Å². The van der Waals surface area contributed by atoms with Gasteiger partial charge < -0.3 is 19.5 Å². The molecule has 182 valence electrons. The summed E-state index contributed by atoms with van der Waals surface area (Å²) in [5, 5.41) is 2.76. The molecule has 0 bridgehead atoms. The molecule has 0 radical (unpaired) electrons. The summed E-state index contributed by atoms with van der Waals surface area (Å²) in [4.78, 5) is 24.2. The van der Waals surface area contributed by atoms with Crippen LogP contribution in [0.5, 0.6) is 5.75 Å². The predicted molar refractivity (Wildman–Crippen MR) is 126 cm³/mol. The maximum Gasteiger partial charge on any atom is 0.331 e. The summed E-state index contributed by atoms with van der Waals surface area (Å²) in [5.74, 6) is -0.951. The molecule has 0 spiro atoms. The third-order valence-corrected chi connectivity index (χ3v) is 7.13. The molecule has 1 fully saturated rings. The molecule has 34 heavy (non-hydrogen) atoms. The molecule has 3 rings (SSSR count). The number of methoxy groups -OCH3 is 1. The molecule has 10 heteroatoms. The molecule has 1 aliphatic rings. The first kappa shape index (κ1) is 25.4. The van der Waals surface area contributed by atoms with Gasteiger partial charge in [-0.05, 0) is 36.3 Å². The normalized spacial score (nSPS) is 15.6. The molecule has 1 N–H and O–H groups in total. The molecule has 2 aromatic carbocycles. The zero-order valence-electron chi connectivity index (χ0n) is 19.1. The second-order valence-electron chi connectivity index (χ2n) is 7.57. The van der Waals surface area contributed by atoms with Crippen LogP contribution in [-0.4, -0.2) is 64.6 Å². The monoisotopic (exact) mass is 488 g/mol. The number of hydrogen-bond acceptors (Lipinski definition) is 7. The minimum atomic E-state index is -3.80. The highest BCUT2D eigenvalue weighted by Crippen LogP contribution is 2.28. The summed E-state index contributed by atoms with van der Waals surface area (Å²) in [6.07, 6.45) is 2.56. The Bertz CT molecular complexity index is 1130. The number of sulfonamides is 1. The van der Waals surface area contributed by atoms with Crippen molar-refractivity contribution in [3.05, 3.63) is 65.7 Å². The summed E-state index contributed by atoms with van der Waals surface area (Å²) >= 11 is 0. The zero-order valence-corrected chi connectivity index (χ0v) is 19.9. The number of esters is 1. The van der Waals surface area contributed by atoms with E-state index >= 15 is 0 Å². The van der Waals surface area contributed by atoms with Crippen LogP contribution >= 0.6 is 0 Å². The van der Waals surface area contributed by atoms with Gasteiger partial charge in [0, 0.05) is 19.2 Å². The number of carbonyl (C=O) groups is 2. The van der Waals surface area contributed by atoms with E-state index in [0.717, 1.165) is 11.6 Å². The predicted octanol–water partition coefficient (Wildman–Crippen LogP) is 2.15. The van der Waals surface area contributed by atoms with Gasteiger partial charge in [-0.2, -0.15) is 4.31 Å². The van der Waals surface area contributed by atoms with Gasteiger partial charge in [-0.3, -0.25) is 4.79 Å². The first-order chi connectivity index (χ1) is 16.3. The van der Waals surface area contributed by atoms with E-state index in [1.807, 2.05) is 37.3 Å². The highest BCUT2D eigenvalue weighted by atomic mass is 32.2. The van der Waals surface area contributed by atoms with E-state index in [2.05, 4.69) is 5.32 Å². The number of amides is 1. The Kier molecular flexibility index (Phi) is 8.80. The number of hydrogen-bond donors (Lipinski definition) is 1. The lowest BCUT2D eigenvalue weighted by Crippen LogP contribution is -2.40. The van der Waals surface area contributed by atoms with Gasteiger partial charge in [-0.25, -0.2) is 13.2 Å². The largest absolute Gasteiger partial charge is 0.495 e. The van der Waals surface area contributed by atoms with E-state index in [1.165, 1.54) is 29.6 Å². The maximum absolute atomic E-state index is 13.1. The average molecular weight is 489 g/mol. The van der Waals surface area contributed by atoms with E-state index < -0.39 is 28.5 Å². The molecule has 0 saturated carbocycles. The van der Waals surface area contributed by atoms with Crippen LogP contribution in [0.25, 0.3) is 6.08 Å². The molecule has 9 nitrogen and oxygen atoms in total. The van der Waals surface area contributed by atoms with Gasteiger partial charge in [0.25, 0.3) is 5.91 Å². The van der Waals surface area contributed by atoms with Crippen LogP contribution in [0.4, 0.5) is 0 Å². The third-order valence-electron chi connectivity index (χ3n) is 5.21. The highest BCUT2D eigenvalue weighted by Gasteiger charge is 2.29. The molecule has 1 aliphatic heterocycles. The lowest BCUT2D eigenvalue weighted by molar-refractivity contribution is -0.144. The fourth-order valence-electron chi connectivity index (χ4n) is 3.38. The summed E-state index contributed by atoms with van der Waals surface area (Å²) in [7, 11) is -2.40. The number of benzene rings is 2. The zero-order chi connectivity index (χ0) is 24.6. The molecule has 1 amide bonds. The van der Waals surface area contributed by atoms with Crippen LogP contribution in [0.2, 0.25) is 0 Å². The van der Waals surface area contributed by atoms with Gasteiger partial charge in [0.15, 0.2) is 6.61 Å². The standard InChI is InChI=1S/C24H28N2O7S/c1-18(20-6-4-3-5-7-20)25-23(27)17-33-24(28)11-9-19-8-10-21(31-2)22(16-19)34(29,30)26-12-14-32-15-13-26/h3-11,16,18H,12-15,17H2,1-2H3,(H,25,27)/b11-9+. The number of morpholine rings is 1. The number of ether oxygens (including phenoxy) is 3. The molecule has 2 aromatic rings. The van der Waals surface area contributed by atoms with Gasteiger partial charge in [-0.1, -0.05) is 36.4 Å². The van der Waals surface area contributed by atoms with Crippen LogP contribution in [0, 0.1) is 0 Å². The topological polar surface area (TPSA) is 111 Å². The van der Waals surface area contributed by atoms with Crippen molar-refractivity contribution in [3.8, 4) is 5.75 Å². The number of carbonyl (C=O) groups excluding carboxylic acids is 2. The third kappa shape index (κ3) is 6.66. The van der Waals surface area contributed by atoms with Gasteiger partial charge >= 0.3 is 5.97 Å². The van der Waals surface area contributed by atoms with Crippen LogP contribution in [0.1, 0.15) is 24.1 Å². The second kappa shape index (κ2) is 11.8. The Labute approximate surface area is 199 Å². The van der Waals surface area contributed by atoms with E-state index in [0.29, 0.717) is 18.8 Å². The first-order valence-corrected chi connectivity index (χ1v) is 12.2. The molecule has 1 atom stereocenters. The van der Waals surface area contributed by atoms with Gasteiger partial charge in [0.2, 0.25) is 10.0 Å². The molecule has 0 aromatic heterocycles. The van der Waals surface area contributed by atoms with Gasteiger partial charge in [0.05, 0.1) is 26.4 Å². The van der Waals surface area contributed by atoms with Crippen LogP contribution < -0.4 is 10.1 Å². The molecule has 1 heterocycles. The Hall–Kier alpha value is -3.21. The van der Waals surface area contributed by atoms with E-state index in [9.17, 15) is 18.0 Å². The van der Waals surface area contributed by atoms with Crippen molar-refractivity contribution in [3.63, 3.8) is 0 Å². The second-order valence-corrected chi connectivity index (χ2v) is 9.47. The maximum atomic E-state index is 13.1. The molecule has 1 unspecified atom stereocenters. The average Bonchev–Trinajstić information content (AvgIpc) is 2.87. The molecular weight excluding hydrogens is 460 g/mol. The Morgan fingerprint density at radius 1 is 1.15 bits per heavy atom. The quantitative estimate of drug-likeness (QED) is 0.425. The van der Waals surface area contributed by atoms with Crippen molar-refractivity contribution in [2.75, 3.05) is 40.0 Å². The minimum Gasteiger partial charge on any atom is -0.495 e. The van der Waals surface area contributed by atoms with E-state index in [-0.39, 0.29) is 29.8 Å². The smallest absolute Gasteiger partial charge is 0.331 e. The van der Waals surface area contributed by atoms with Crippen molar-refractivity contribution in [1.82, 2.24) is 9.62 Å². The van der Waals surface area contributed by atoms with Crippen LogP contribution in [-0.2, 0) is 29.1 Å². The number of rotatable bonds is 9. The number of nitrogens with one attached hydrogen (secondary N) is 1. The highest BCUT2D eigenvalue weighted by molar-refractivity contribution is 7.89. The van der Waals surface area contributed by atoms with Gasteiger partial charge in [-0.15, -0.1) is 0 Å². The summed E-state index contributed by atoms with van der Waals surface area (Å²) in [6.45, 7) is 2.56. The molecule has 0 aliphatic carbocycles. The summed E-state index contributed by atoms with van der Waals surface area (Å²) in [5.41, 5.74) is 1.40. The van der Waals surface area contributed by atoms with Crippen LogP contribution in [0.3, 0.4) is 0 Å². The lowest BCUT2D eigenvalue weighted by Gasteiger charge is -2.26. The fourth-order valence-corrected chi connectivity index (χ4v) is 4.98. The molecular formula is C24H28N2O7S. The van der Waals surface area contributed by atoms with Crippen molar-refractivity contribution >= 4 is 28.0 Å². The Morgan fingerprint density at radius 3 is 2.53 bits per heavy atom. The summed E-state index contributed by atoms with van der Waals surface area (Å²) < 4.78 is 42.9. The molecule has 1 saturated heterocycles. The van der Waals surface area contributed by atoms with Crippen molar-refractivity contribution in [2.45, 2.75) is 17.9 Å².